The van der Waals surface area contributed by atoms with Gasteiger partial charge >= 0.3 is 0 Å². The van der Waals surface area contributed by atoms with Crippen LogP contribution in [0.1, 0.15) is 36.5 Å². The second kappa shape index (κ2) is 14.0. The molecule has 196 valence electrons. The van der Waals surface area contributed by atoms with Crippen molar-refractivity contribution in [3.63, 3.8) is 0 Å². The van der Waals surface area contributed by atoms with E-state index in [1.807, 2.05) is 55.5 Å². The van der Waals surface area contributed by atoms with Crippen LogP contribution >= 0.6 is 0 Å². The van der Waals surface area contributed by atoms with Crippen LogP contribution < -0.4 is 14.8 Å². The Hall–Kier alpha value is -3.87. The fourth-order valence-corrected chi connectivity index (χ4v) is 4.14. The molecule has 0 saturated heterocycles. The van der Waals surface area contributed by atoms with Crippen molar-refractivity contribution in [2.45, 2.75) is 45.2 Å². The summed E-state index contributed by atoms with van der Waals surface area (Å²) in [5.74, 6) is 0.498. The maximum atomic E-state index is 13.7. The molecular formula is C30H35FN2O4. The van der Waals surface area contributed by atoms with Crippen molar-refractivity contribution < 1.29 is 23.5 Å². The van der Waals surface area contributed by atoms with Crippen LogP contribution in [0.3, 0.4) is 0 Å². The van der Waals surface area contributed by atoms with Gasteiger partial charge in [0.1, 0.15) is 11.9 Å². The van der Waals surface area contributed by atoms with Crippen LogP contribution in [0.5, 0.6) is 11.5 Å². The highest BCUT2D eigenvalue weighted by atomic mass is 19.1. The molecule has 3 rings (SSSR count). The van der Waals surface area contributed by atoms with Crippen molar-refractivity contribution in [2.75, 3.05) is 20.8 Å². The summed E-state index contributed by atoms with van der Waals surface area (Å²) >= 11 is 0. The molecule has 0 fully saturated rings. The summed E-state index contributed by atoms with van der Waals surface area (Å²) < 4.78 is 24.3. The Morgan fingerprint density at radius 2 is 1.57 bits per heavy atom. The van der Waals surface area contributed by atoms with Crippen LogP contribution in [0.15, 0.2) is 72.8 Å². The zero-order valence-corrected chi connectivity index (χ0v) is 21.7. The van der Waals surface area contributed by atoms with Gasteiger partial charge in [-0.3, -0.25) is 9.59 Å². The molecule has 3 aromatic rings. The van der Waals surface area contributed by atoms with E-state index >= 15 is 0 Å². The zero-order chi connectivity index (χ0) is 26.6. The molecule has 0 aliphatic carbocycles. The van der Waals surface area contributed by atoms with Crippen LogP contribution in [-0.2, 0) is 29.0 Å². The minimum Gasteiger partial charge on any atom is -0.493 e. The highest BCUT2D eigenvalue weighted by Crippen LogP contribution is 2.28. The lowest BCUT2D eigenvalue weighted by Crippen LogP contribution is -2.50. The molecule has 3 aromatic carbocycles. The zero-order valence-electron chi connectivity index (χ0n) is 21.7. The summed E-state index contributed by atoms with van der Waals surface area (Å²) in [6.45, 7) is 2.70. The molecule has 0 aromatic heterocycles. The second-order valence-electron chi connectivity index (χ2n) is 8.83. The fourth-order valence-electron chi connectivity index (χ4n) is 4.14. The normalized spacial score (nSPS) is 11.5. The average Bonchev–Trinajstić information content (AvgIpc) is 2.93. The molecule has 6 nitrogen and oxygen atoms in total. The topological polar surface area (TPSA) is 67.9 Å². The number of methoxy groups -OCH3 is 2. The van der Waals surface area contributed by atoms with Gasteiger partial charge < -0.3 is 19.7 Å². The van der Waals surface area contributed by atoms with Crippen molar-refractivity contribution in [2.24, 2.45) is 0 Å². The molecule has 7 heteroatoms. The molecule has 1 unspecified atom stereocenters. The summed E-state index contributed by atoms with van der Waals surface area (Å²) in [5, 5.41) is 2.96. The van der Waals surface area contributed by atoms with Gasteiger partial charge in [0.05, 0.1) is 14.2 Å². The van der Waals surface area contributed by atoms with E-state index in [9.17, 15) is 14.0 Å². The number of benzene rings is 3. The Morgan fingerprint density at radius 1 is 0.892 bits per heavy atom. The van der Waals surface area contributed by atoms with Gasteiger partial charge in [0.15, 0.2) is 11.5 Å². The first-order valence-electron chi connectivity index (χ1n) is 12.5. The monoisotopic (exact) mass is 506 g/mol. The maximum absolute atomic E-state index is 13.7. The van der Waals surface area contributed by atoms with Gasteiger partial charge in [0.2, 0.25) is 11.8 Å². The summed E-state index contributed by atoms with van der Waals surface area (Å²) in [6.07, 6.45) is 1.82. The van der Waals surface area contributed by atoms with Crippen molar-refractivity contribution in [3.05, 3.63) is 95.3 Å². The molecule has 1 atom stereocenters. The molecule has 0 heterocycles. The molecule has 0 aliphatic heterocycles. The first kappa shape index (κ1) is 27.7. The largest absolute Gasteiger partial charge is 0.493 e. The molecule has 37 heavy (non-hydrogen) atoms. The van der Waals surface area contributed by atoms with Crippen LogP contribution in [0.25, 0.3) is 0 Å². The van der Waals surface area contributed by atoms with Crippen LogP contribution in [0.4, 0.5) is 4.39 Å². The van der Waals surface area contributed by atoms with E-state index in [1.165, 1.54) is 12.1 Å². The van der Waals surface area contributed by atoms with Crippen molar-refractivity contribution in [1.82, 2.24) is 10.2 Å². The Kier molecular flexibility index (Phi) is 10.5. The van der Waals surface area contributed by atoms with E-state index in [2.05, 4.69) is 5.32 Å². The minimum atomic E-state index is -0.711. The molecule has 2 amide bonds. The van der Waals surface area contributed by atoms with Gasteiger partial charge in [0, 0.05) is 25.9 Å². The third kappa shape index (κ3) is 8.07. The van der Waals surface area contributed by atoms with E-state index in [4.69, 9.17) is 9.47 Å². The molecule has 0 spiro atoms. The highest BCUT2D eigenvalue weighted by Gasteiger charge is 2.30. The predicted molar refractivity (Wildman–Crippen MR) is 142 cm³/mol. The number of amides is 2. The molecule has 0 bridgehead atoms. The number of carbonyl (C=O) groups excluding carboxylic acids is 2. The van der Waals surface area contributed by atoms with E-state index in [1.54, 1.807) is 31.3 Å². The number of halogens is 1. The van der Waals surface area contributed by atoms with E-state index in [0.717, 1.165) is 23.1 Å². The van der Waals surface area contributed by atoms with Gasteiger partial charge in [-0.25, -0.2) is 4.39 Å². The highest BCUT2D eigenvalue weighted by molar-refractivity contribution is 5.88. The van der Waals surface area contributed by atoms with E-state index in [0.29, 0.717) is 30.9 Å². The van der Waals surface area contributed by atoms with Gasteiger partial charge in [-0.15, -0.1) is 0 Å². The second-order valence-corrected chi connectivity index (χ2v) is 8.83. The lowest BCUT2D eigenvalue weighted by molar-refractivity contribution is -0.141. The van der Waals surface area contributed by atoms with Crippen molar-refractivity contribution in [3.8, 4) is 11.5 Å². The third-order valence-corrected chi connectivity index (χ3v) is 6.16. The number of hydrogen-bond donors (Lipinski definition) is 1. The van der Waals surface area contributed by atoms with Gasteiger partial charge in [-0.2, -0.15) is 0 Å². The number of carbonyl (C=O) groups is 2. The third-order valence-electron chi connectivity index (χ3n) is 6.16. The fraction of sp³-hybridized carbons (Fsp3) is 0.333. The van der Waals surface area contributed by atoms with Crippen molar-refractivity contribution >= 4 is 11.8 Å². The van der Waals surface area contributed by atoms with Gasteiger partial charge in [-0.1, -0.05) is 55.5 Å². The summed E-state index contributed by atoms with van der Waals surface area (Å²) in [6, 6.07) is 20.5. The lowest BCUT2D eigenvalue weighted by Gasteiger charge is -2.31. The Balaban J connectivity index is 1.88. The quantitative estimate of drug-likeness (QED) is 0.357. The molecule has 0 radical (unpaired) electrons. The lowest BCUT2D eigenvalue weighted by atomic mass is 10.0. The standard InChI is InChI=1S/C30H35FN2O4/c1-4-18-32-30(35)26(19-22-8-6-5-7-9-22)33(21-24-10-14-25(31)15-11-24)29(34)17-13-23-12-16-27(36-2)28(20-23)37-3/h5-12,14-16,20,26H,4,13,17-19,21H2,1-3H3,(H,32,35). The number of hydrogen-bond acceptors (Lipinski definition) is 4. The SMILES string of the molecule is CCCNC(=O)C(Cc1ccccc1)N(Cc1ccc(F)cc1)C(=O)CCc1ccc(OC)c(OC)c1. The maximum Gasteiger partial charge on any atom is 0.243 e. The molecular weight excluding hydrogens is 471 g/mol. The smallest absolute Gasteiger partial charge is 0.243 e. The number of rotatable bonds is 13. The van der Waals surface area contributed by atoms with Gasteiger partial charge in [0.25, 0.3) is 0 Å². The summed E-state index contributed by atoms with van der Waals surface area (Å²) in [5.41, 5.74) is 2.63. The van der Waals surface area contributed by atoms with E-state index in [-0.39, 0.29) is 30.6 Å². The Bertz CT molecular complexity index is 1150. The van der Waals surface area contributed by atoms with Crippen LogP contribution in [0, 0.1) is 5.82 Å². The van der Waals surface area contributed by atoms with Crippen molar-refractivity contribution in [1.29, 1.82) is 0 Å². The first-order valence-corrected chi connectivity index (χ1v) is 12.5. The van der Waals surface area contributed by atoms with Crippen LogP contribution in [0.2, 0.25) is 0 Å². The first-order chi connectivity index (χ1) is 17.9. The average molecular weight is 507 g/mol. The Labute approximate surface area is 218 Å². The molecule has 0 saturated carbocycles. The number of nitrogens with zero attached hydrogens (tertiary/aromatic N) is 1. The molecule has 0 aliphatic rings. The summed E-state index contributed by atoms with van der Waals surface area (Å²) in [7, 11) is 3.14. The number of aryl methyl sites for hydroxylation is 1. The number of ether oxygens (including phenoxy) is 2. The van der Waals surface area contributed by atoms with E-state index < -0.39 is 6.04 Å². The minimum absolute atomic E-state index is 0.160. The predicted octanol–water partition coefficient (Wildman–Crippen LogP) is 4.94. The summed E-state index contributed by atoms with van der Waals surface area (Å²) in [4.78, 5) is 28.6. The Morgan fingerprint density at radius 3 is 2.22 bits per heavy atom. The van der Waals surface area contributed by atoms with Crippen LogP contribution in [-0.4, -0.2) is 43.5 Å². The molecule has 1 N–H and O–H groups in total. The number of nitrogens with one attached hydrogen (secondary N) is 1. The van der Waals surface area contributed by atoms with Gasteiger partial charge in [-0.05, 0) is 53.8 Å².